The van der Waals surface area contributed by atoms with Crippen LogP contribution in [0, 0.1) is 0 Å². The molecule has 0 saturated carbocycles. The van der Waals surface area contributed by atoms with Crippen molar-refractivity contribution in [1.29, 1.82) is 0 Å². The molecule has 0 saturated heterocycles. The van der Waals surface area contributed by atoms with Gasteiger partial charge in [-0.3, -0.25) is 24.3 Å². The molecule has 0 fully saturated rings. The Morgan fingerprint density at radius 3 is 2.21 bits per heavy atom. The molecular weight excluding hydrogens is 508 g/mol. The van der Waals surface area contributed by atoms with Gasteiger partial charge in [0.2, 0.25) is 17.6 Å². The van der Waals surface area contributed by atoms with Crippen molar-refractivity contribution in [2.45, 2.75) is 32.4 Å². The molecule has 0 aliphatic carbocycles. The normalized spacial score (nSPS) is 11.7. The molecule has 1 aromatic carbocycles. The van der Waals surface area contributed by atoms with E-state index in [1.165, 1.54) is 43.8 Å². The fraction of sp³-hybridized carbons (Fsp3) is 0.333. The highest BCUT2D eigenvalue weighted by Crippen LogP contribution is 2.41. The zero-order valence-electron chi connectivity index (χ0n) is 22.2. The number of pyridine rings is 1. The van der Waals surface area contributed by atoms with E-state index in [4.69, 9.17) is 14.2 Å². The Hall–Kier alpha value is -4.12. The third-order valence-corrected chi connectivity index (χ3v) is 6.21. The van der Waals surface area contributed by atoms with E-state index in [0.717, 1.165) is 0 Å². The zero-order chi connectivity index (χ0) is 27.9. The molecule has 2 N–H and O–H groups in total. The highest BCUT2D eigenvalue weighted by atomic mass is 32.1. The van der Waals surface area contributed by atoms with Gasteiger partial charge in [-0.2, -0.15) is 0 Å². The number of benzene rings is 1. The van der Waals surface area contributed by atoms with Crippen LogP contribution in [0.2, 0.25) is 0 Å². The maximum atomic E-state index is 13.8. The maximum absolute atomic E-state index is 13.8. The summed E-state index contributed by atoms with van der Waals surface area (Å²) < 4.78 is 16.5. The molecule has 38 heavy (non-hydrogen) atoms. The fourth-order valence-corrected chi connectivity index (χ4v) is 4.42. The van der Waals surface area contributed by atoms with Gasteiger partial charge in [-0.15, -0.1) is 11.3 Å². The van der Waals surface area contributed by atoms with Crippen LogP contribution in [0.25, 0.3) is 0 Å². The van der Waals surface area contributed by atoms with Crippen LogP contribution in [0.4, 0.5) is 5.69 Å². The summed E-state index contributed by atoms with van der Waals surface area (Å²) in [6, 6.07) is 8.82. The van der Waals surface area contributed by atoms with Gasteiger partial charge in [-0.05, 0) is 62.0 Å². The molecule has 2 aromatic heterocycles. The monoisotopic (exact) mass is 540 g/mol. The van der Waals surface area contributed by atoms with E-state index in [1.54, 1.807) is 48.0 Å². The van der Waals surface area contributed by atoms with Gasteiger partial charge in [0.05, 0.1) is 44.6 Å². The van der Waals surface area contributed by atoms with Crippen molar-refractivity contribution in [1.82, 2.24) is 15.6 Å². The van der Waals surface area contributed by atoms with Gasteiger partial charge in [-0.25, -0.2) is 0 Å². The number of amides is 3. The second-order valence-corrected chi connectivity index (χ2v) is 10.2. The van der Waals surface area contributed by atoms with Crippen LogP contribution >= 0.6 is 11.3 Å². The van der Waals surface area contributed by atoms with Crippen LogP contribution in [0.15, 0.2) is 54.2 Å². The molecule has 3 rings (SSSR count). The molecular formula is C27H32N4O6S. The lowest BCUT2D eigenvalue weighted by Crippen LogP contribution is -2.51. The van der Waals surface area contributed by atoms with Gasteiger partial charge in [0.15, 0.2) is 11.5 Å². The van der Waals surface area contributed by atoms with Gasteiger partial charge in [0.1, 0.15) is 6.04 Å². The fourth-order valence-electron chi connectivity index (χ4n) is 3.78. The van der Waals surface area contributed by atoms with Crippen molar-refractivity contribution < 1.29 is 28.6 Å². The van der Waals surface area contributed by atoms with E-state index in [2.05, 4.69) is 15.6 Å². The molecule has 0 unspecified atom stereocenters. The molecule has 0 aliphatic rings. The molecule has 10 nitrogen and oxygen atoms in total. The molecule has 11 heteroatoms. The second kappa shape index (κ2) is 12.4. The van der Waals surface area contributed by atoms with Crippen LogP contribution in [-0.4, -0.2) is 56.1 Å². The SMILES string of the molecule is COc1cc([C@@H](C(=O)NC(C)(C)C)N(C(=O)CNC(=O)c2cccs2)c2cccnc2)cc(OC)c1OC. The first-order valence-corrected chi connectivity index (χ1v) is 12.6. The average molecular weight is 541 g/mol. The Bertz CT molecular complexity index is 1230. The molecule has 2 heterocycles. The Balaban J connectivity index is 2.13. The number of methoxy groups -OCH3 is 3. The number of nitrogens with zero attached hydrogens (tertiary/aromatic N) is 2. The quantitative estimate of drug-likeness (QED) is 0.403. The predicted octanol–water partition coefficient (Wildman–Crippen LogP) is 3.59. The number of carbonyl (C=O) groups is 3. The van der Waals surface area contributed by atoms with Crippen molar-refractivity contribution in [2.24, 2.45) is 0 Å². The number of carbonyl (C=O) groups excluding carboxylic acids is 3. The van der Waals surface area contributed by atoms with E-state index >= 15 is 0 Å². The Morgan fingerprint density at radius 1 is 1.03 bits per heavy atom. The highest BCUT2D eigenvalue weighted by molar-refractivity contribution is 7.12. The molecule has 0 spiro atoms. The Kier molecular flexibility index (Phi) is 9.30. The van der Waals surface area contributed by atoms with E-state index in [-0.39, 0.29) is 12.5 Å². The summed E-state index contributed by atoms with van der Waals surface area (Å²) in [7, 11) is 4.41. The van der Waals surface area contributed by atoms with E-state index in [9.17, 15) is 14.4 Å². The van der Waals surface area contributed by atoms with Crippen molar-refractivity contribution in [3.8, 4) is 17.2 Å². The molecule has 3 aromatic rings. The molecule has 0 radical (unpaired) electrons. The summed E-state index contributed by atoms with van der Waals surface area (Å²) in [6.45, 7) is 5.17. The molecule has 202 valence electrons. The average Bonchev–Trinajstić information content (AvgIpc) is 3.44. The summed E-state index contributed by atoms with van der Waals surface area (Å²) in [4.78, 5) is 46.1. The first-order chi connectivity index (χ1) is 18.1. The Labute approximate surface area is 225 Å². The van der Waals surface area contributed by atoms with Gasteiger partial charge >= 0.3 is 0 Å². The van der Waals surface area contributed by atoms with Gasteiger partial charge in [0.25, 0.3) is 5.91 Å². The first kappa shape index (κ1) is 28.5. The maximum Gasteiger partial charge on any atom is 0.261 e. The third-order valence-electron chi connectivity index (χ3n) is 5.35. The van der Waals surface area contributed by atoms with E-state index in [1.807, 2.05) is 20.8 Å². The largest absolute Gasteiger partial charge is 0.493 e. The van der Waals surface area contributed by atoms with Crippen LogP contribution in [0.1, 0.15) is 42.0 Å². The number of hydrogen-bond acceptors (Lipinski definition) is 8. The smallest absolute Gasteiger partial charge is 0.261 e. The Morgan fingerprint density at radius 2 is 1.71 bits per heavy atom. The number of ether oxygens (including phenoxy) is 3. The standard InChI is InChI=1S/C27H32N4O6S/c1-27(2,3)30-26(34)23(17-13-19(35-4)24(37-6)20(14-17)36-5)31(18-9-7-11-28-15-18)22(32)16-29-25(33)21-10-8-12-38-21/h7-15,23H,16H2,1-6H3,(H,29,33)(H,30,34)/t23-/m0/s1. The number of rotatable bonds is 10. The van der Waals surface area contributed by atoms with Crippen LogP contribution in [0.3, 0.4) is 0 Å². The lowest BCUT2D eigenvalue weighted by molar-refractivity contribution is -0.127. The van der Waals surface area contributed by atoms with E-state index < -0.39 is 23.4 Å². The minimum absolute atomic E-state index is 0.319. The highest BCUT2D eigenvalue weighted by Gasteiger charge is 2.36. The zero-order valence-corrected chi connectivity index (χ0v) is 23.0. The lowest BCUT2D eigenvalue weighted by Gasteiger charge is -2.34. The minimum atomic E-state index is -1.17. The van der Waals surface area contributed by atoms with Gasteiger partial charge < -0.3 is 24.8 Å². The van der Waals surface area contributed by atoms with Crippen molar-refractivity contribution in [2.75, 3.05) is 32.8 Å². The number of thiophene rings is 1. The first-order valence-electron chi connectivity index (χ1n) is 11.7. The lowest BCUT2D eigenvalue weighted by atomic mass is 9.99. The summed E-state index contributed by atoms with van der Waals surface area (Å²) >= 11 is 1.26. The van der Waals surface area contributed by atoms with Crippen LogP contribution in [0.5, 0.6) is 17.2 Å². The van der Waals surface area contributed by atoms with Gasteiger partial charge in [0, 0.05) is 11.7 Å². The summed E-state index contributed by atoms with van der Waals surface area (Å²) in [5.74, 6) is -0.376. The van der Waals surface area contributed by atoms with E-state index in [0.29, 0.717) is 33.4 Å². The van der Waals surface area contributed by atoms with Crippen LogP contribution < -0.4 is 29.7 Å². The second-order valence-electron chi connectivity index (χ2n) is 9.24. The molecule has 1 atom stereocenters. The summed E-state index contributed by atoms with van der Waals surface area (Å²) in [5.41, 5.74) is 0.168. The summed E-state index contributed by atoms with van der Waals surface area (Å²) in [6.07, 6.45) is 3.04. The predicted molar refractivity (Wildman–Crippen MR) is 145 cm³/mol. The number of aromatic nitrogens is 1. The molecule has 0 aliphatic heterocycles. The number of nitrogens with one attached hydrogen (secondary N) is 2. The number of hydrogen-bond donors (Lipinski definition) is 2. The topological polar surface area (TPSA) is 119 Å². The summed E-state index contributed by atoms with van der Waals surface area (Å²) in [5, 5.41) is 7.39. The number of anilines is 1. The van der Waals surface area contributed by atoms with Crippen LogP contribution in [-0.2, 0) is 9.59 Å². The molecule has 0 bridgehead atoms. The third kappa shape index (κ3) is 6.80. The minimum Gasteiger partial charge on any atom is -0.493 e. The van der Waals surface area contributed by atoms with Crippen molar-refractivity contribution >= 4 is 34.7 Å². The van der Waals surface area contributed by atoms with Crippen molar-refractivity contribution in [3.63, 3.8) is 0 Å². The van der Waals surface area contributed by atoms with Crippen molar-refractivity contribution in [3.05, 3.63) is 64.6 Å². The molecule has 3 amide bonds. The van der Waals surface area contributed by atoms with Gasteiger partial charge in [-0.1, -0.05) is 6.07 Å².